The fourth-order valence-corrected chi connectivity index (χ4v) is 2.15. The lowest BCUT2D eigenvalue weighted by molar-refractivity contribution is -0.107. The molecule has 0 aromatic heterocycles. The molecule has 14 heavy (non-hydrogen) atoms. The minimum atomic E-state index is 0.629. The van der Waals surface area contributed by atoms with Crippen LogP contribution in [0.15, 0.2) is 18.2 Å². The molecule has 0 atom stereocenters. The molecule has 1 aromatic rings. The third kappa shape index (κ3) is 1.52. The second-order valence-electron chi connectivity index (χ2n) is 3.80. The number of nitrogens with zero attached hydrogens (tertiary/aromatic N) is 1. The van der Waals surface area contributed by atoms with Crippen LogP contribution in [0.3, 0.4) is 0 Å². The van der Waals surface area contributed by atoms with Gasteiger partial charge in [0.05, 0.1) is 0 Å². The summed E-state index contributed by atoms with van der Waals surface area (Å²) in [5, 5.41) is 0. The number of hydrogen-bond acceptors (Lipinski definition) is 2. The molecule has 0 amide bonds. The summed E-state index contributed by atoms with van der Waals surface area (Å²) in [7, 11) is 2.12. The van der Waals surface area contributed by atoms with Gasteiger partial charge in [0.2, 0.25) is 0 Å². The number of aryl methyl sites for hydroxylation is 1. The van der Waals surface area contributed by atoms with Gasteiger partial charge in [0.1, 0.15) is 6.29 Å². The maximum atomic E-state index is 10.3. The highest BCUT2D eigenvalue weighted by atomic mass is 16.1. The molecule has 0 fully saturated rings. The second kappa shape index (κ2) is 3.82. The summed E-state index contributed by atoms with van der Waals surface area (Å²) in [6.07, 6.45) is 3.64. The van der Waals surface area contributed by atoms with Crippen LogP contribution in [0.2, 0.25) is 0 Å². The highest BCUT2D eigenvalue weighted by Gasteiger charge is 2.18. The fraction of sp³-hybridized carbons (Fsp3) is 0.417. The van der Waals surface area contributed by atoms with Crippen molar-refractivity contribution in [1.82, 2.24) is 0 Å². The van der Waals surface area contributed by atoms with Crippen molar-refractivity contribution in [3.8, 4) is 0 Å². The summed E-state index contributed by atoms with van der Waals surface area (Å²) >= 11 is 0. The zero-order chi connectivity index (χ0) is 9.97. The van der Waals surface area contributed by atoms with Gasteiger partial charge in [-0.05, 0) is 24.0 Å². The van der Waals surface area contributed by atoms with Crippen LogP contribution in [-0.4, -0.2) is 19.9 Å². The first-order valence-electron chi connectivity index (χ1n) is 5.08. The Hall–Kier alpha value is -1.31. The normalized spacial score (nSPS) is 14.2. The van der Waals surface area contributed by atoms with E-state index in [2.05, 4.69) is 30.1 Å². The largest absolute Gasteiger partial charge is 0.374 e. The standard InChI is InChI=1S/C12H15NO/c1-13-8-7-11-5-2-4-10(12(11)13)6-3-9-14/h2,4-5,9H,3,6-8H2,1H3. The number of anilines is 1. The summed E-state index contributed by atoms with van der Waals surface area (Å²) in [5.74, 6) is 0. The Morgan fingerprint density at radius 2 is 2.36 bits per heavy atom. The number of rotatable bonds is 3. The zero-order valence-electron chi connectivity index (χ0n) is 8.49. The van der Waals surface area contributed by atoms with Gasteiger partial charge in [-0.3, -0.25) is 0 Å². The molecule has 0 N–H and O–H groups in total. The summed E-state index contributed by atoms with van der Waals surface area (Å²) < 4.78 is 0. The molecule has 0 spiro atoms. The molecule has 1 aromatic carbocycles. The van der Waals surface area contributed by atoms with E-state index in [4.69, 9.17) is 0 Å². The smallest absolute Gasteiger partial charge is 0.120 e. The first kappa shape index (κ1) is 9.25. The minimum Gasteiger partial charge on any atom is -0.374 e. The molecule has 1 heterocycles. The van der Waals surface area contributed by atoms with Crippen molar-refractivity contribution in [2.75, 3.05) is 18.5 Å². The maximum absolute atomic E-state index is 10.3. The lowest BCUT2D eigenvalue weighted by atomic mass is 10.0. The Morgan fingerprint density at radius 3 is 3.14 bits per heavy atom. The Bertz CT molecular complexity index is 346. The highest BCUT2D eigenvalue weighted by Crippen LogP contribution is 2.30. The van der Waals surface area contributed by atoms with Gasteiger partial charge in [-0.1, -0.05) is 18.2 Å². The van der Waals surface area contributed by atoms with Crippen LogP contribution in [0.1, 0.15) is 17.5 Å². The van der Waals surface area contributed by atoms with Gasteiger partial charge in [-0.15, -0.1) is 0 Å². The number of benzene rings is 1. The van der Waals surface area contributed by atoms with E-state index in [0.29, 0.717) is 6.42 Å². The molecule has 0 bridgehead atoms. The molecule has 74 valence electrons. The Labute approximate surface area is 84.5 Å². The Kier molecular flexibility index (Phi) is 2.53. The molecular formula is C12H15NO. The van der Waals surface area contributed by atoms with E-state index in [9.17, 15) is 4.79 Å². The number of aldehydes is 1. The number of fused-ring (bicyclic) bond motifs is 1. The van der Waals surface area contributed by atoms with Crippen molar-refractivity contribution in [2.45, 2.75) is 19.3 Å². The van der Waals surface area contributed by atoms with E-state index in [1.807, 2.05) is 0 Å². The average molecular weight is 189 g/mol. The third-order valence-electron chi connectivity index (χ3n) is 2.83. The molecule has 0 saturated carbocycles. The highest BCUT2D eigenvalue weighted by molar-refractivity contribution is 5.64. The van der Waals surface area contributed by atoms with Gasteiger partial charge >= 0.3 is 0 Å². The molecule has 2 rings (SSSR count). The van der Waals surface area contributed by atoms with Gasteiger partial charge in [0.15, 0.2) is 0 Å². The van der Waals surface area contributed by atoms with Crippen LogP contribution in [0.4, 0.5) is 5.69 Å². The molecule has 2 heteroatoms. The van der Waals surface area contributed by atoms with Crippen molar-refractivity contribution in [1.29, 1.82) is 0 Å². The first-order chi connectivity index (χ1) is 6.83. The van der Waals surface area contributed by atoms with Crippen LogP contribution in [0.5, 0.6) is 0 Å². The van der Waals surface area contributed by atoms with Gasteiger partial charge in [0, 0.05) is 25.7 Å². The van der Waals surface area contributed by atoms with E-state index in [-0.39, 0.29) is 0 Å². The van der Waals surface area contributed by atoms with E-state index in [1.54, 1.807) is 0 Å². The SMILES string of the molecule is CN1CCc2cccc(CCC=O)c21. The Balaban J connectivity index is 2.31. The monoisotopic (exact) mass is 189 g/mol. The molecule has 1 aliphatic heterocycles. The van der Waals surface area contributed by atoms with Crippen LogP contribution in [0.25, 0.3) is 0 Å². The number of likely N-dealkylation sites (N-methyl/N-ethyl adjacent to an activating group) is 1. The fourth-order valence-electron chi connectivity index (χ4n) is 2.15. The van der Waals surface area contributed by atoms with E-state index >= 15 is 0 Å². The summed E-state index contributed by atoms with van der Waals surface area (Å²) in [6, 6.07) is 6.41. The van der Waals surface area contributed by atoms with Crippen molar-refractivity contribution < 1.29 is 4.79 Å². The van der Waals surface area contributed by atoms with E-state index in [0.717, 1.165) is 25.7 Å². The number of hydrogen-bond donors (Lipinski definition) is 0. The first-order valence-corrected chi connectivity index (χ1v) is 5.08. The molecule has 0 radical (unpaired) electrons. The molecule has 1 aliphatic rings. The number of para-hydroxylation sites is 1. The number of carbonyl (C=O) groups is 1. The second-order valence-corrected chi connectivity index (χ2v) is 3.80. The quantitative estimate of drug-likeness (QED) is 0.676. The zero-order valence-corrected chi connectivity index (χ0v) is 8.49. The maximum Gasteiger partial charge on any atom is 0.120 e. The Morgan fingerprint density at radius 1 is 1.50 bits per heavy atom. The van der Waals surface area contributed by atoms with Crippen molar-refractivity contribution >= 4 is 12.0 Å². The lowest BCUT2D eigenvalue weighted by Crippen LogP contribution is -2.14. The van der Waals surface area contributed by atoms with Crippen LogP contribution in [-0.2, 0) is 17.6 Å². The van der Waals surface area contributed by atoms with Crippen molar-refractivity contribution in [3.05, 3.63) is 29.3 Å². The number of carbonyl (C=O) groups excluding carboxylic acids is 1. The van der Waals surface area contributed by atoms with E-state index < -0.39 is 0 Å². The topological polar surface area (TPSA) is 20.3 Å². The predicted molar refractivity (Wildman–Crippen MR) is 57.8 cm³/mol. The van der Waals surface area contributed by atoms with Crippen LogP contribution in [0, 0.1) is 0 Å². The van der Waals surface area contributed by atoms with Gasteiger partial charge < -0.3 is 9.69 Å². The molecule has 0 saturated heterocycles. The van der Waals surface area contributed by atoms with E-state index in [1.165, 1.54) is 16.8 Å². The van der Waals surface area contributed by atoms with Crippen molar-refractivity contribution in [2.24, 2.45) is 0 Å². The molecular weight excluding hydrogens is 174 g/mol. The molecule has 0 unspecified atom stereocenters. The van der Waals surface area contributed by atoms with Crippen LogP contribution < -0.4 is 4.90 Å². The van der Waals surface area contributed by atoms with Gasteiger partial charge in [0.25, 0.3) is 0 Å². The van der Waals surface area contributed by atoms with Crippen LogP contribution >= 0.6 is 0 Å². The summed E-state index contributed by atoms with van der Waals surface area (Å²) in [4.78, 5) is 12.6. The summed E-state index contributed by atoms with van der Waals surface area (Å²) in [5.41, 5.74) is 4.10. The summed E-state index contributed by atoms with van der Waals surface area (Å²) in [6.45, 7) is 1.10. The lowest BCUT2D eigenvalue weighted by Gasteiger charge is -2.16. The molecule has 2 nitrogen and oxygen atoms in total. The minimum absolute atomic E-state index is 0.629. The third-order valence-corrected chi connectivity index (χ3v) is 2.83. The van der Waals surface area contributed by atoms with Gasteiger partial charge in [-0.25, -0.2) is 0 Å². The van der Waals surface area contributed by atoms with Crippen molar-refractivity contribution in [3.63, 3.8) is 0 Å². The molecule has 0 aliphatic carbocycles. The average Bonchev–Trinajstić information content (AvgIpc) is 2.58. The van der Waals surface area contributed by atoms with Gasteiger partial charge in [-0.2, -0.15) is 0 Å². The predicted octanol–water partition coefficient (Wildman–Crippen LogP) is 1.81.